The summed E-state index contributed by atoms with van der Waals surface area (Å²) in [7, 11) is 0. The summed E-state index contributed by atoms with van der Waals surface area (Å²) in [6.07, 6.45) is 0.638. The van der Waals surface area contributed by atoms with E-state index in [1.54, 1.807) is 6.33 Å². The van der Waals surface area contributed by atoms with Gasteiger partial charge < -0.3 is 28.6 Å². The van der Waals surface area contributed by atoms with Gasteiger partial charge in [-0.2, -0.15) is 0 Å². The molecule has 3 aromatic rings. The van der Waals surface area contributed by atoms with E-state index in [2.05, 4.69) is 9.97 Å². The molecule has 0 saturated carbocycles. The van der Waals surface area contributed by atoms with Gasteiger partial charge in [0.2, 0.25) is 0 Å². The molecule has 5 heterocycles. The Labute approximate surface area is 190 Å². The van der Waals surface area contributed by atoms with E-state index < -0.39 is 36.6 Å². The molecular formula is C23H24ClN3O5. The molecular weight excluding hydrogens is 434 g/mol. The van der Waals surface area contributed by atoms with Gasteiger partial charge in [0.05, 0.1) is 5.69 Å². The first-order valence-corrected chi connectivity index (χ1v) is 11.1. The lowest BCUT2D eigenvalue weighted by Crippen LogP contribution is -2.39. The maximum absolute atomic E-state index is 10.4. The minimum absolute atomic E-state index is 0.373. The van der Waals surface area contributed by atoms with E-state index in [1.807, 2.05) is 55.8 Å². The molecule has 3 aliphatic rings. The fraction of sp³-hybridized carbons (Fsp3) is 0.478. The summed E-state index contributed by atoms with van der Waals surface area (Å²) in [5.41, 5.74) is 3.55. The number of rotatable bonds is 2. The molecule has 3 aliphatic heterocycles. The molecule has 1 aromatic carbocycles. The van der Waals surface area contributed by atoms with Crippen LogP contribution >= 0.6 is 11.6 Å². The highest BCUT2D eigenvalue weighted by Crippen LogP contribution is 2.49. The van der Waals surface area contributed by atoms with E-state index >= 15 is 0 Å². The predicted molar refractivity (Wildman–Crippen MR) is 115 cm³/mol. The van der Waals surface area contributed by atoms with Crippen LogP contribution in [-0.4, -0.2) is 50.0 Å². The van der Waals surface area contributed by atoms with Crippen LogP contribution in [-0.2, 0) is 25.4 Å². The summed E-state index contributed by atoms with van der Waals surface area (Å²) in [4.78, 5) is 8.77. The summed E-state index contributed by atoms with van der Waals surface area (Å²) >= 11 is 6.20. The monoisotopic (exact) mass is 457 g/mol. The first-order valence-electron chi connectivity index (χ1n) is 10.7. The summed E-state index contributed by atoms with van der Waals surface area (Å²) in [6, 6.07) is 7.61. The zero-order valence-electron chi connectivity index (χ0n) is 17.9. The first kappa shape index (κ1) is 20.5. The number of hydrogen-bond acceptors (Lipinski definition) is 7. The molecule has 0 radical (unpaired) electrons. The van der Waals surface area contributed by atoms with Crippen molar-refractivity contribution in [1.82, 2.24) is 14.5 Å². The van der Waals surface area contributed by atoms with E-state index in [1.165, 1.54) is 0 Å². The van der Waals surface area contributed by atoms with Crippen LogP contribution in [0, 0.1) is 6.92 Å². The Morgan fingerprint density at radius 1 is 1.09 bits per heavy atom. The molecule has 2 saturated heterocycles. The highest BCUT2D eigenvalue weighted by Gasteiger charge is 2.59. The number of aliphatic hydroxyl groups excluding tert-OH is 1. The van der Waals surface area contributed by atoms with Gasteiger partial charge in [0.25, 0.3) is 0 Å². The number of benzene rings is 1. The van der Waals surface area contributed by atoms with Crippen molar-refractivity contribution >= 4 is 22.6 Å². The average molecular weight is 458 g/mol. The Morgan fingerprint density at radius 2 is 1.91 bits per heavy atom. The van der Waals surface area contributed by atoms with Crippen LogP contribution in [0.15, 0.2) is 36.8 Å². The van der Waals surface area contributed by atoms with Crippen LogP contribution in [0.4, 0.5) is 0 Å². The zero-order valence-corrected chi connectivity index (χ0v) is 18.7. The van der Waals surface area contributed by atoms with Gasteiger partial charge in [-0.1, -0.05) is 17.7 Å². The largest absolute Gasteiger partial charge is 0.368 e. The molecule has 8 nitrogen and oxygen atoms in total. The lowest BCUT2D eigenvalue weighted by atomic mass is 9.91. The molecule has 32 heavy (non-hydrogen) atoms. The van der Waals surface area contributed by atoms with Crippen LogP contribution < -0.4 is 0 Å². The Balaban J connectivity index is 1.43. The van der Waals surface area contributed by atoms with Crippen molar-refractivity contribution in [3.8, 4) is 0 Å². The molecule has 9 heteroatoms. The topological polar surface area (TPSA) is 87.9 Å². The molecule has 2 unspecified atom stereocenters. The van der Waals surface area contributed by atoms with Crippen molar-refractivity contribution in [1.29, 1.82) is 0 Å². The fourth-order valence-electron chi connectivity index (χ4n) is 5.14. The van der Waals surface area contributed by atoms with Crippen molar-refractivity contribution < 1.29 is 24.1 Å². The third kappa shape index (κ3) is 3.17. The highest BCUT2D eigenvalue weighted by molar-refractivity contribution is 6.30. The lowest BCUT2D eigenvalue weighted by Gasteiger charge is -2.35. The molecule has 168 valence electrons. The number of halogens is 1. The Kier molecular flexibility index (Phi) is 4.63. The molecule has 1 N–H and O–H groups in total. The van der Waals surface area contributed by atoms with Crippen molar-refractivity contribution in [2.45, 2.75) is 69.9 Å². The van der Waals surface area contributed by atoms with Crippen LogP contribution in [0.5, 0.6) is 0 Å². The molecule has 2 fully saturated rings. The lowest BCUT2D eigenvalue weighted by molar-refractivity contribution is -0.232. The quantitative estimate of drug-likeness (QED) is 0.630. The molecule has 2 aromatic heterocycles. The Bertz CT molecular complexity index is 1200. The number of aliphatic hydroxyl groups is 1. The minimum Gasteiger partial charge on any atom is -0.368 e. The van der Waals surface area contributed by atoms with Crippen molar-refractivity contribution in [2.75, 3.05) is 0 Å². The summed E-state index contributed by atoms with van der Waals surface area (Å²) in [6.45, 7) is 5.74. The first-order chi connectivity index (χ1) is 15.3. The van der Waals surface area contributed by atoms with Gasteiger partial charge in [-0.05, 0) is 50.1 Å². The van der Waals surface area contributed by atoms with E-state index in [4.69, 9.17) is 30.5 Å². The van der Waals surface area contributed by atoms with Crippen molar-refractivity contribution in [3.63, 3.8) is 0 Å². The zero-order chi connectivity index (χ0) is 22.2. The standard InChI is InChI=1S/C23H24ClN3O5/c1-11-14-6-7-27(21(14)26-10-25-11)22-20-19(31-23(2,3)32-20)18(30-22)17-15-5-4-13(24)8-12(15)9-16(28)29-17/h4-8,10,16-20,22,28H,9H2,1-3H3/t16?,17?,18-,19-,20-,22-/m1/s1. The number of fused-ring (bicyclic) bond motifs is 3. The molecule has 0 spiro atoms. The second-order valence-corrected chi connectivity index (χ2v) is 9.47. The van der Waals surface area contributed by atoms with Crippen molar-refractivity contribution in [3.05, 3.63) is 58.6 Å². The number of aryl methyl sites for hydroxylation is 1. The third-order valence-electron chi connectivity index (χ3n) is 6.46. The fourth-order valence-corrected chi connectivity index (χ4v) is 5.33. The summed E-state index contributed by atoms with van der Waals surface area (Å²) in [5.74, 6) is -0.778. The Morgan fingerprint density at radius 3 is 2.75 bits per heavy atom. The second-order valence-electron chi connectivity index (χ2n) is 9.03. The smallest absolute Gasteiger partial charge is 0.164 e. The molecule has 6 rings (SSSR count). The number of aromatic nitrogens is 3. The molecule has 0 bridgehead atoms. The number of ether oxygens (including phenoxy) is 4. The summed E-state index contributed by atoms with van der Waals surface area (Å²) in [5, 5.41) is 12.0. The van der Waals surface area contributed by atoms with Gasteiger partial charge in [-0.3, -0.25) is 0 Å². The highest BCUT2D eigenvalue weighted by atomic mass is 35.5. The van der Waals surface area contributed by atoms with Crippen LogP contribution in [0.3, 0.4) is 0 Å². The van der Waals surface area contributed by atoms with Gasteiger partial charge in [-0.25, -0.2) is 9.97 Å². The van der Waals surface area contributed by atoms with E-state index in [9.17, 15) is 5.11 Å². The predicted octanol–water partition coefficient (Wildman–Crippen LogP) is 3.44. The normalized spacial score (nSPS) is 33.4. The van der Waals surface area contributed by atoms with Gasteiger partial charge >= 0.3 is 0 Å². The van der Waals surface area contributed by atoms with E-state index in [0.717, 1.165) is 27.9 Å². The second kappa shape index (κ2) is 7.21. The van der Waals surface area contributed by atoms with Gasteiger partial charge in [0, 0.05) is 23.0 Å². The third-order valence-corrected chi connectivity index (χ3v) is 6.69. The maximum Gasteiger partial charge on any atom is 0.164 e. The SMILES string of the molecule is Cc1ncnc2c1ccn2[C@@H]1O[C@H](C2OC(O)Cc3cc(Cl)ccc32)[C@H]2OC(C)(C)O[C@H]21. The van der Waals surface area contributed by atoms with Gasteiger partial charge in [0.15, 0.2) is 18.3 Å². The summed E-state index contributed by atoms with van der Waals surface area (Å²) < 4.78 is 27.1. The van der Waals surface area contributed by atoms with E-state index in [-0.39, 0.29) is 6.10 Å². The van der Waals surface area contributed by atoms with Crippen LogP contribution in [0.1, 0.15) is 43.0 Å². The van der Waals surface area contributed by atoms with Gasteiger partial charge in [0.1, 0.15) is 36.4 Å². The van der Waals surface area contributed by atoms with Crippen molar-refractivity contribution in [2.24, 2.45) is 0 Å². The molecule has 0 amide bonds. The molecule has 0 aliphatic carbocycles. The van der Waals surface area contributed by atoms with Crippen LogP contribution in [0.2, 0.25) is 5.02 Å². The molecule has 6 atom stereocenters. The van der Waals surface area contributed by atoms with Gasteiger partial charge in [-0.15, -0.1) is 0 Å². The van der Waals surface area contributed by atoms with E-state index in [0.29, 0.717) is 11.4 Å². The Hall–Kier alpha value is -2.07. The average Bonchev–Trinajstić information content (AvgIpc) is 3.38. The number of hydrogen-bond donors (Lipinski definition) is 1. The van der Waals surface area contributed by atoms with Crippen LogP contribution in [0.25, 0.3) is 11.0 Å². The minimum atomic E-state index is -0.954. The number of nitrogens with zero attached hydrogens (tertiary/aromatic N) is 3. The maximum atomic E-state index is 10.4.